The van der Waals surface area contributed by atoms with Gasteiger partial charge in [-0.15, -0.1) is 0 Å². The molecule has 0 bridgehead atoms. The summed E-state index contributed by atoms with van der Waals surface area (Å²) in [6.07, 6.45) is 0. The van der Waals surface area contributed by atoms with Crippen LogP contribution in [0, 0.1) is 6.92 Å². The van der Waals surface area contributed by atoms with Crippen molar-refractivity contribution in [1.29, 1.82) is 0 Å². The number of nitrogens with one attached hydrogen (secondary N) is 2. The van der Waals surface area contributed by atoms with Crippen LogP contribution in [-0.2, 0) is 0 Å². The van der Waals surface area contributed by atoms with Crippen LogP contribution in [0.4, 0.5) is 5.69 Å². The molecule has 0 aliphatic rings. The minimum absolute atomic E-state index is 0.163. The van der Waals surface area contributed by atoms with Crippen LogP contribution in [0.25, 0.3) is 0 Å². The van der Waals surface area contributed by atoms with Gasteiger partial charge in [-0.1, -0.05) is 24.3 Å². The van der Waals surface area contributed by atoms with E-state index < -0.39 is 0 Å². The maximum absolute atomic E-state index is 12.3. The zero-order valence-electron chi connectivity index (χ0n) is 13.9. The molecular formula is C19H22N2O2. The van der Waals surface area contributed by atoms with Gasteiger partial charge in [-0.3, -0.25) is 9.59 Å². The summed E-state index contributed by atoms with van der Waals surface area (Å²) in [4.78, 5) is 24.5. The van der Waals surface area contributed by atoms with E-state index in [4.69, 9.17) is 0 Å². The Labute approximate surface area is 136 Å². The first-order valence-electron chi connectivity index (χ1n) is 7.56. The van der Waals surface area contributed by atoms with E-state index in [1.165, 1.54) is 0 Å². The molecule has 0 heterocycles. The molecule has 0 aliphatic heterocycles. The molecule has 2 amide bonds. The van der Waals surface area contributed by atoms with Crippen molar-refractivity contribution < 1.29 is 9.59 Å². The second-order valence-corrected chi connectivity index (χ2v) is 6.55. The van der Waals surface area contributed by atoms with Crippen LogP contribution >= 0.6 is 0 Å². The highest BCUT2D eigenvalue weighted by atomic mass is 16.2. The maximum atomic E-state index is 12.3. The second-order valence-electron chi connectivity index (χ2n) is 6.55. The Balaban J connectivity index is 2.16. The van der Waals surface area contributed by atoms with E-state index in [0.717, 1.165) is 5.56 Å². The van der Waals surface area contributed by atoms with E-state index in [1.807, 2.05) is 45.9 Å². The molecule has 120 valence electrons. The van der Waals surface area contributed by atoms with Crippen LogP contribution in [0.3, 0.4) is 0 Å². The molecule has 0 unspecified atom stereocenters. The third kappa shape index (κ3) is 4.68. The number of amides is 2. The fraction of sp³-hybridized carbons (Fsp3) is 0.263. The Morgan fingerprint density at radius 3 is 2.26 bits per heavy atom. The van der Waals surface area contributed by atoms with Gasteiger partial charge in [0.25, 0.3) is 11.8 Å². The monoisotopic (exact) mass is 310 g/mol. The van der Waals surface area contributed by atoms with E-state index in [1.54, 1.807) is 30.3 Å². The number of rotatable bonds is 3. The van der Waals surface area contributed by atoms with Gasteiger partial charge in [-0.25, -0.2) is 0 Å². The Morgan fingerprint density at radius 2 is 1.61 bits per heavy atom. The highest BCUT2D eigenvalue weighted by Crippen LogP contribution is 2.15. The molecule has 4 nitrogen and oxygen atoms in total. The topological polar surface area (TPSA) is 58.2 Å². The van der Waals surface area contributed by atoms with Crippen molar-refractivity contribution in [1.82, 2.24) is 5.32 Å². The minimum atomic E-state index is -0.308. The molecule has 4 heteroatoms. The lowest BCUT2D eigenvalue weighted by Gasteiger charge is -2.20. The Bertz CT molecular complexity index is 730. The number of carbonyl (C=O) groups excluding carboxylic acids is 2. The highest BCUT2D eigenvalue weighted by molar-refractivity contribution is 6.06. The summed E-state index contributed by atoms with van der Waals surface area (Å²) in [5.41, 5.74) is 2.34. The largest absolute Gasteiger partial charge is 0.347 e. The molecule has 2 aromatic rings. The molecule has 0 spiro atoms. The van der Waals surface area contributed by atoms with Gasteiger partial charge >= 0.3 is 0 Å². The molecule has 23 heavy (non-hydrogen) atoms. The average molecular weight is 310 g/mol. The van der Waals surface area contributed by atoms with Gasteiger partial charge < -0.3 is 10.6 Å². The van der Waals surface area contributed by atoms with E-state index in [2.05, 4.69) is 10.6 Å². The zero-order chi connectivity index (χ0) is 17.0. The van der Waals surface area contributed by atoms with Gasteiger partial charge in [0.2, 0.25) is 0 Å². The molecule has 0 saturated heterocycles. The van der Waals surface area contributed by atoms with Gasteiger partial charge in [0, 0.05) is 22.4 Å². The number of hydrogen-bond acceptors (Lipinski definition) is 2. The van der Waals surface area contributed by atoms with E-state index in [0.29, 0.717) is 16.8 Å². The summed E-state index contributed by atoms with van der Waals surface area (Å²) in [5, 5.41) is 5.74. The van der Waals surface area contributed by atoms with Crippen LogP contribution in [0.1, 0.15) is 47.1 Å². The normalized spacial score (nSPS) is 11.0. The summed E-state index contributed by atoms with van der Waals surface area (Å²) in [6.45, 7) is 7.67. The fourth-order valence-electron chi connectivity index (χ4n) is 2.18. The quantitative estimate of drug-likeness (QED) is 0.906. The molecular weight excluding hydrogens is 288 g/mol. The van der Waals surface area contributed by atoms with Crippen molar-refractivity contribution in [3.05, 3.63) is 65.2 Å². The van der Waals surface area contributed by atoms with Crippen molar-refractivity contribution >= 4 is 17.5 Å². The first-order chi connectivity index (χ1) is 10.8. The molecule has 0 radical (unpaired) electrons. The van der Waals surface area contributed by atoms with Crippen molar-refractivity contribution in [3.8, 4) is 0 Å². The number of aryl methyl sites for hydroxylation is 1. The van der Waals surface area contributed by atoms with Gasteiger partial charge in [-0.05, 0) is 57.5 Å². The number of anilines is 1. The summed E-state index contributed by atoms with van der Waals surface area (Å²) >= 11 is 0. The molecule has 0 aromatic heterocycles. The van der Waals surface area contributed by atoms with Gasteiger partial charge in [0.05, 0.1) is 0 Å². The Morgan fingerprint density at radius 1 is 0.913 bits per heavy atom. The molecule has 0 aliphatic carbocycles. The molecule has 2 rings (SSSR count). The van der Waals surface area contributed by atoms with Crippen LogP contribution in [0.2, 0.25) is 0 Å². The van der Waals surface area contributed by atoms with Crippen LogP contribution in [-0.4, -0.2) is 17.4 Å². The highest BCUT2D eigenvalue weighted by Gasteiger charge is 2.16. The molecule has 0 saturated carbocycles. The Kier molecular flexibility index (Phi) is 4.84. The summed E-state index contributed by atoms with van der Waals surface area (Å²) < 4.78 is 0. The maximum Gasteiger partial charge on any atom is 0.255 e. The number of hydrogen-bond donors (Lipinski definition) is 2. The van der Waals surface area contributed by atoms with E-state index in [-0.39, 0.29) is 17.4 Å². The van der Waals surface area contributed by atoms with E-state index >= 15 is 0 Å². The van der Waals surface area contributed by atoms with Crippen LogP contribution in [0.15, 0.2) is 48.5 Å². The lowest BCUT2D eigenvalue weighted by molar-refractivity contribution is 0.0918. The molecule has 0 fully saturated rings. The van der Waals surface area contributed by atoms with Gasteiger partial charge in [-0.2, -0.15) is 0 Å². The summed E-state index contributed by atoms with van der Waals surface area (Å²) in [6, 6.07) is 14.3. The van der Waals surface area contributed by atoms with Crippen LogP contribution < -0.4 is 10.6 Å². The van der Waals surface area contributed by atoms with Gasteiger partial charge in [0.15, 0.2) is 0 Å². The number of benzene rings is 2. The van der Waals surface area contributed by atoms with Crippen LogP contribution in [0.5, 0.6) is 0 Å². The van der Waals surface area contributed by atoms with E-state index in [9.17, 15) is 9.59 Å². The first kappa shape index (κ1) is 16.7. The summed E-state index contributed by atoms with van der Waals surface area (Å²) in [5.74, 6) is -0.346. The smallest absolute Gasteiger partial charge is 0.255 e. The van der Waals surface area contributed by atoms with Crippen molar-refractivity contribution in [2.75, 3.05) is 5.32 Å². The lowest BCUT2D eigenvalue weighted by Crippen LogP contribution is -2.40. The van der Waals surface area contributed by atoms with Gasteiger partial charge in [0.1, 0.15) is 0 Å². The predicted octanol–water partition coefficient (Wildman–Crippen LogP) is 3.78. The average Bonchev–Trinajstić information content (AvgIpc) is 2.46. The third-order valence-corrected chi connectivity index (χ3v) is 3.26. The van der Waals surface area contributed by atoms with Crippen molar-refractivity contribution in [3.63, 3.8) is 0 Å². The Hall–Kier alpha value is -2.62. The SMILES string of the molecule is Cc1ccccc1C(=O)Nc1cccc(C(=O)NC(C)(C)C)c1. The zero-order valence-corrected chi connectivity index (χ0v) is 13.9. The second kappa shape index (κ2) is 6.65. The minimum Gasteiger partial charge on any atom is -0.347 e. The number of carbonyl (C=O) groups is 2. The third-order valence-electron chi connectivity index (χ3n) is 3.26. The molecule has 0 atom stereocenters. The first-order valence-corrected chi connectivity index (χ1v) is 7.56. The van der Waals surface area contributed by atoms with Crippen molar-refractivity contribution in [2.24, 2.45) is 0 Å². The van der Waals surface area contributed by atoms with Crippen molar-refractivity contribution in [2.45, 2.75) is 33.2 Å². The fourth-order valence-corrected chi connectivity index (χ4v) is 2.18. The standard InChI is InChI=1S/C19H22N2O2/c1-13-8-5-6-11-16(13)18(23)20-15-10-7-9-14(12-15)17(22)21-19(2,3)4/h5-12H,1-4H3,(H,20,23)(H,21,22). The molecule has 2 N–H and O–H groups in total. The molecule has 2 aromatic carbocycles. The summed E-state index contributed by atoms with van der Waals surface area (Å²) in [7, 11) is 0. The predicted molar refractivity (Wildman–Crippen MR) is 92.8 cm³/mol. The lowest BCUT2D eigenvalue weighted by atomic mass is 10.1.